The van der Waals surface area contributed by atoms with E-state index in [2.05, 4.69) is 6.92 Å². The number of ether oxygens (including phenoxy) is 3. The monoisotopic (exact) mass is 267 g/mol. The van der Waals surface area contributed by atoms with Crippen molar-refractivity contribution in [2.75, 3.05) is 20.8 Å². The van der Waals surface area contributed by atoms with Crippen molar-refractivity contribution in [2.45, 2.75) is 39.3 Å². The molecule has 0 radical (unpaired) electrons. The van der Waals surface area contributed by atoms with Crippen LogP contribution in [0.4, 0.5) is 0 Å². The number of nitrogens with two attached hydrogens (primary N) is 1. The highest BCUT2D eigenvalue weighted by atomic mass is 16.5. The lowest BCUT2D eigenvalue weighted by Gasteiger charge is -2.17. The Labute approximate surface area is 115 Å². The van der Waals surface area contributed by atoms with E-state index in [1.54, 1.807) is 14.2 Å². The molecule has 0 aliphatic rings. The SMILES string of the molecule is CCOc1cc(COC)c(OC)cc1CC(N)CC. The Kier molecular flexibility index (Phi) is 6.67. The average molecular weight is 267 g/mol. The fourth-order valence-electron chi connectivity index (χ4n) is 1.98. The van der Waals surface area contributed by atoms with Gasteiger partial charge in [-0.25, -0.2) is 0 Å². The molecule has 0 spiro atoms. The van der Waals surface area contributed by atoms with Crippen LogP contribution in [0.5, 0.6) is 11.5 Å². The first-order valence-electron chi connectivity index (χ1n) is 6.73. The van der Waals surface area contributed by atoms with Gasteiger partial charge in [-0.3, -0.25) is 0 Å². The van der Waals surface area contributed by atoms with Gasteiger partial charge in [-0.05, 0) is 37.5 Å². The summed E-state index contributed by atoms with van der Waals surface area (Å²) in [4.78, 5) is 0. The number of benzene rings is 1. The van der Waals surface area contributed by atoms with Gasteiger partial charge >= 0.3 is 0 Å². The number of hydrogen-bond acceptors (Lipinski definition) is 4. The Morgan fingerprint density at radius 1 is 1.11 bits per heavy atom. The second-order valence-electron chi connectivity index (χ2n) is 4.51. The minimum absolute atomic E-state index is 0.136. The summed E-state index contributed by atoms with van der Waals surface area (Å²) in [7, 11) is 3.33. The number of rotatable bonds is 8. The molecule has 1 rings (SSSR count). The largest absolute Gasteiger partial charge is 0.496 e. The van der Waals surface area contributed by atoms with Gasteiger partial charge in [0.15, 0.2) is 0 Å². The fraction of sp³-hybridized carbons (Fsp3) is 0.600. The molecule has 1 unspecified atom stereocenters. The molecule has 19 heavy (non-hydrogen) atoms. The van der Waals surface area contributed by atoms with Crippen molar-refractivity contribution in [3.05, 3.63) is 23.3 Å². The molecule has 0 aliphatic carbocycles. The van der Waals surface area contributed by atoms with Gasteiger partial charge in [-0.15, -0.1) is 0 Å². The zero-order chi connectivity index (χ0) is 14.3. The summed E-state index contributed by atoms with van der Waals surface area (Å²) in [6, 6.07) is 4.13. The van der Waals surface area contributed by atoms with E-state index >= 15 is 0 Å². The molecule has 0 bridgehead atoms. The van der Waals surface area contributed by atoms with Gasteiger partial charge in [0.25, 0.3) is 0 Å². The van der Waals surface area contributed by atoms with Crippen molar-refractivity contribution in [3.63, 3.8) is 0 Å². The summed E-state index contributed by atoms with van der Waals surface area (Å²) in [5.41, 5.74) is 8.12. The van der Waals surface area contributed by atoms with Gasteiger partial charge in [0.1, 0.15) is 11.5 Å². The van der Waals surface area contributed by atoms with E-state index in [9.17, 15) is 0 Å². The van der Waals surface area contributed by atoms with E-state index < -0.39 is 0 Å². The van der Waals surface area contributed by atoms with E-state index in [1.807, 2.05) is 19.1 Å². The minimum Gasteiger partial charge on any atom is -0.496 e. The summed E-state index contributed by atoms with van der Waals surface area (Å²) in [6.07, 6.45) is 1.73. The third kappa shape index (κ3) is 4.40. The Morgan fingerprint density at radius 3 is 2.32 bits per heavy atom. The van der Waals surface area contributed by atoms with Crippen molar-refractivity contribution >= 4 is 0 Å². The van der Waals surface area contributed by atoms with Gasteiger partial charge in [0.2, 0.25) is 0 Å². The molecule has 0 saturated heterocycles. The molecule has 4 heteroatoms. The highest BCUT2D eigenvalue weighted by Crippen LogP contribution is 2.30. The second-order valence-corrected chi connectivity index (χ2v) is 4.51. The summed E-state index contributed by atoms with van der Waals surface area (Å²) in [5.74, 6) is 1.70. The first-order valence-corrected chi connectivity index (χ1v) is 6.73. The molecule has 108 valence electrons. The van der Waals surface area contributed by atoms with Gasteiger partial charge in [0, 0.05) is 18.7 Å². The maximum atomic E-state index is 6.04. The number of methoxy groups -OCH3 is 2. The third-order valence-corrected chi connectivity index (χ3v) is 3.07. The van der Waals surface area contributed by atoms with E-state index in [0.29, 0.717) is 13.2 Å². The lowest BCUT2D eigenvalue weighted by atomic mass is 10.0. The van der Waals surface area contributed by atoms with Crippen LogP contribution in [-0.4, -0.2) is 26.9 Å². The molecule has 0 saturated carbocycles. The topological polar surface area (TPSA) is 53.7 Å². The van der Waals surface area contributed by atoms with Crippen molar-refractivity contribution < 1.29 is 14.2 Å². The van der Waals surface area contributed by atoms with Crippen LogP contribution in [0.3, 0.4) is 0 Å². The smallest absolute Gasteiger partial charge is 0.124 e. The molecule has 4 nitrogen and oxygen atoms in total. The zero-order valence-electron chi connectivity index (χ0n) is 12.4. The third-order valence-electron chi connectivity index (χ3n) is 3.07. The zero-order valence-corrected chi connectivity index (χ0v) is 12.4. The van der Waals surface area contributed by atoms with Gasteiger partial charge in [0.05, 0.1) is 20.3 Å². The predicted molar refractivity (Wildman–Crippen MR) is 76.8 cm³/mol. The van der Waals surface area contributed by atoms with E-state index in [-0.39, 0.29) is 6.04 Å². The molecule has 0 amide bonds. The van der Waals surface area contributed by atoms with Crippen molar-refractivity contribution in [2.24, 2.45) is 5.73 Å². The van der Waals surface area contributed by atoms with Crippen molar-refractivity contribution in [1.82, 2.24) is 0 Å². The molecule has 1 aromatic rings. The fourth-order valence-corrected chi connectivity index (χ4v) is 1.98. The summed E-state index contributed by atoms with van der Waals surface area (Å²) in [5, 5.41) is 0. The predicted octanol–water partition coefficient (Wildman–Crippen LogP) is 2.52. The van der Waals surface area contributed by atoms with E-state index in [4.69, 9.17) is 19.9 Å². The minimum atomic E-state index is 0.136. The molecule has 0 fully saturated rings. The standard InChI is InChI=1S/C15H25NO3/c1-5-13(16)7-11-8-14(18-4)12(10-17-3)9-15(11)19-6-2/h8-9,13H,5-7,10,16H2,1-4H3. The van der Waals surface area contributed by atoms with Gasteiger partial charge < -0.3 is 19.9 Å². The maximum absolute atomic E-state index is 6.04. The van der Waals surface area contributed by atoms with Gasteiger partial charge in [-0.2, -0.15) is 0 Å². The average Bonchev–Trinajstić information content (AvgIpc) is 2.41. The molecular formula is C15H25NO3. The van der Waals surface area contributed by atoms with Crippen molar-refractivity contribution in [3.8, 4) is 11.5 Å². The first kappa shape index (κ1) is 15.8. The lowest BCUT2D eigenvalue weighted by molar-refractivity contribution is 0.181. The molecule has 0 aromatic heterocycles. The van der Waals surface area contributed by atoms with Crippen LogP contribution in [0.15, 0.2) is 12.1 Å². The Morgan fingerprint density at radius 2 is 1.79 bits per heavy atom. The Balaban J connectivity index is 3.11. The normalized spacial score (nSPS) is 12.3. The lowest BCUT2D eigenvalue weighted by Crippen LogP contribution is -2.22. The highest BCUT2D eigenvalue weighted by Gasteiger charge is 2.13. The Bertz CT molecular complexity index is 393. The molecule has 0 aliphatic heterocycles. The molecule has 1 atom stereocenters. The van der Waals surface area contributed by atoms with Crippen LogP contribution >= 0.6 is 0 Å². The molecular weight excluding hydrogens is 242 g/mol. The highest BCUT2D eigenvalue weighted by molar-refractivity contribution is 5.46. The van der Waals surface area contributed by atoms with Crippen LogP contribution in [0.2, 0.25) is 0 Å². The van der Waals surface area contributed by atoms with Crippen LogP contribution in [-0.2, 0) is 17.8 Å². The summed E-state index contributed by atoms with van der Waals surface area (Å²) in [6.45, 7) is 5.20. The van der Waals surface area contributed by atoms with E-state index in [1.165, 1.54) is 0 Å². The van der Waals surface area contributed by atoms with Crippen LogP contribution in [0.1, 0.15) is 31.4 Å². The summed E-state index contributed by atoms with van der Waals surface area (Å²) >= 11 is 0. The second kappa shape index (κ2) is 8.02. The quantitative estimate of drug-likeness (QED) is 0.786. The van der Waals surface area contributed by atoms with Crippen molar-refractivity contribution in [1.29, 1.82) is 0 Å². The molecule has 0 heterocycles. The molecule has 2 N–H and O–H groups in total. The molecule has 1 aromatic carbocycles. The van der Waals surface area contributed by atoms with Crippen LogP contribution in [0, 0.1) is 0 Å². The number of hydrogen-bond donors (Lipinski definition) is 1. The first-order chi connectivity index (χ1) is 9.15. The maximum Gasteiger partial charge on any atom is 0.124 e. The van der Waals surface area contributed by atoms with Crippen LogP contribution < -0.4 is 15.2 Å². The summed E-state index contributed by atoms with van der Waals surface area (Å²) < 4.78 is 16.3. The van der Waals surface area contributed by atoms with Crippen LogP contribution in [0.25, 0.3) is 0 Å². The Hall–Kier alpha value is -1.26. The van der Waals surface area contributed by atoms with E-state index in [0.717, 1.165) is 35.5 Å². The van der Waals surface area contributed by atoms with Gasteiger partial charge in [-0.1, -0.05) is 6.92 Å².